The van der Waals surface area contributed by atoms with E-state index in [1.165, 1.54) is 0 Å². The molecule has 0 radical (unpaired) electrons. The monoisotopic (exact) mass is 292 g/mol. The Morgan fingerprint density at radius 2 is 2.00 bits per heavy atom. The summed E-state index contributed by atoms with van der Waals surface area (Å²) in [7, 11) is 0. The van der Waals surface area contributed by atoms with Gasteiger partial charge >= 0.3 is 0 Å². The maximum atomic E-state index is 11.9. The van der Waals surface area contributed by atoms with Crippen molar-refractivity contribution in [3.8, 4) is 5.75 Å². The summed E-state index contributed by atoms with van der Waals surface area (Å²) in [5, 5.41) is 6.24. The van der Waals surface area contributed by atoms with Crippen LogP contribution in [0, 0.1) is 12.8 Å². The first-order valence-corrected chi connectivity index (χ1v) is 7.67. The van der Waals surface area contributed by atoms with Gasteiger partial charge in [0.15, 0.2) is 6.61 Å². The van der Waals surface area contributed by atoms with Crippen molar-refractivity contribution in [1.82, 2.24) is 10.6 Å². The first kappa shape index (κ1) is 17.5. The number of nitrogens with one attached hydrogen (secondary N) is 2. The van der Waals surface area contributed by atoms with Crippen LogP contribution in [0.5, 0.6) is 5.75 Å². The Morgan fingerprint density at radius 3 is 2.62 bits per heavy atom. The molecule has 0 fully saturated rings. The van der Waals surface area contributed by atoms with Crippen LogP contribution in [0.4, 0.5) is 0 Å². The van der Waals surface area contributed by atoms with E-state index in [1.807, 2.05) is 32.0 Å². The molecule has 0 saturated carbocycles. The van der Waals surface area contributed by atoms with Gasteiger partial charge in [-0.2, -0.15) is 0 Å². The van der Waals surface area contributed by atoms with E-state index in [1.54, 1.807) is 0 Å². The number of carbonyl (C=O) groups is 1. The zero-order valence-corrected chi connectivity index (χ0v) is 13.8. The molecule has 0 bridgehead atoms. The summed E-state index contributed by atoms with van der Waals surface area (Å²) < 4.78 is 5.76. The lowest BCUT2D eigenvalue weighted by molar-refractivity contribution is -0.124. The van der Waals surface area contributed by atoms with E-state index in [-0.39, 0.29) is 18.6 Å². The molecule has 0 spiro atoms. The number of rotatable bonds is 8. The maximum Gasteiger partial charge on any atom is 0.258 e. The Balaban J connectivity index is 2.63. The first-order chi connectivity index (χ1) is 9.95. The van der Waals surface area contributed by atoms with Crippen molar-refractivity contribution in [3.63, 3.8) is 0 Å². The fourth-order valence-corrected chi connectivity index (χ4v) is 1.92. The summed E-state index contributed by atoms with van der Waals surface area (Å²) in [4.78, 5) is 11.9. The van der Waals surface area contributed by atoms with Crippen LogP contribution in [0.25, 0.3) is 0 Å². The summed E-state index contributed by atoms with van der Waals surface area (Å²) in [6, 6.07) is 6.19. The predicted molar refractivity (Wildman–Crippen MR) is 86.5 cm³/mol. The van der Waals surface area contributed by atoms with Crippen molar-refractivity contribution >= 4 is 5.91 Å². The third kappa shape index (κ3) is 5.76. The highest BCUT2D eigenvalue weighted by molar-refractivity contribution is 5.77. The maximum absolute atomic E-state index is 11.9. The lowest BCUT2D eigenvalue weighted by Crippen LogP contribution is -2.39. The van der Waals surface area contributed by atoms with Crippen molar-refractivity contribution in [2.45, 2.75) is 47.2 Å². The second-order valence-electron chi connectivity index (χ2n) is 5.73. The lowest BCUT2D eigenvalue weighted by atomic mass is 10.1. The summed E-state index contributed by atoms with van der Waals surface area (Å²) >= 11 is 0. The number of ether oxygens (including phenoxy) is 1. The van der Waals surface area contributed by atoms with Crippen molar-refractivity contribution in [3.05, 3.63) is 29.3 Å². The molecule has 0 heterocycles. The molecule has 1 amide bonds. The number of para-hydroxylation sites is 1. The van der Waals surface area contributed by atoms with Crippen molar-refractivity contribution in [2.24, 2.45) is 5.92 Å². The van der Waals surface area contributed by atoms with Gasteiger partial charge < -0.3 is 15.4 Å². The van der Waals surface area contributed by atoms with Crippen molar-refractivity contribution in [2.75, 3.05) is 13.2 Å². The van der Waals surface area contributed by atoms with Gasteiger partial charge in [0.25, 0.3) is 5.91 Å². The van der Waals surface area contributed by atoms with Gasteiger partial charge in [-0.05, 0) is 31.9 Å². The second kappa shape index (κ2) is 8.67. The average molecular weight is 292 g/mol. The van der Waals surface area contributed by atoms with Gasteiger partial charge in [0.05, 0.1) is 0 Å². The van der Waals surface area contributed by atoms with Gasteiger partial charge in [0.1, 0.15) is 5.75 Å². The van der Waals surface area contributed by atoms with E-state index in [0.29, 0.717) is 5.92 Å². The van der Waals surface area contributed by atoms with E-state index in [9.17, 15) is 4.79 Å². The molecule has 1 aromatic rings. The minimum Gasteiger partial charge on any atom is -0.483 e. The summed E-state index contributed by atoms with van der Waals surface area (Å²) in [6.07, 6.45) is 0. The van der Waals surface area contributed by atoms with Gasteiger partial charge in [0, 0.05) is 18.2 Å². The van der Waals surface area contributed by atoms with Crippen LogP contribution in [0.1, 0.15) is 38.8 Å². The fourth-order valence-electron chi connectivity index (χ4n) is 1.92. The zero-order valence-electron chi connectivity index (χ0n) is 13.8. The van der Waals surface area contributed by atoms with Gasteiger partial charge in [-0.3, -0.25) is 4.79 Å². The molecule has 0 aliphatic heterocycles. The number of hydrogen-bond acceptors (Lipinski definition) is 3. The summed E-state index contributed by atoms with van der Waals surface area (Å²) in [6.45, 7) is 11.9. The molecule has 4 nitrogen and oxygen atoms in total. The Labute approximate surface area is 128 Å². The summed E-state index contributed by atoms with van der Waals surface area (Å²) in [5.41, 5.74) is 2.14. The van der Waals surface area contributed by atoms with Gasteiger partial charge in [-0.15, -0.1) is 0 Å². The third-order valence-electron chi connectivity index (χ3n) is 3.60. The third-order valence-corrected chi connectivity index (χ3v) is 3.60. The fraction of sp³-hybridized carbons (Fsp3) is 0.588. The molecule has 0 aliphatic carbocycles. The molecular weight excluding hydrogens is 264 g/mol. The lowest BCUT2D eigenvalue weighted by Gasteiger charge is -2.19. The van der Waals surface area contributed by atoms with Crippen molar-refractivity contribution < 1.29 is 9.53 Å². The number of benzene rings is 1. The molecule has 21 heavy (non-hydrogen) atoms. The summed E-state index contributed by atoms with van der Waals surface area (Å²) in [5.74, 6) is 1.15. The highest BCUT2D eigenvalue weighted by Crippen LogP contribution is 2.23. The molecule has 4 heteroatoms. The van der Waals surface area contributed by atoms with Gasteiger partial charge in [-0.25, -0.2) is 0 Å². The molecule has 1 atom stereocenters. The highest BCUT2D eigenvalue weighted by atomic mass is 16.5. The zero-order chi connectivity index (χ0) is 15.8. The predicted octanol–water partition coefficient (Wildman–Crippen LogP) is 2.64. The molecule has 2 N–H and O–H groups in total. The largest absolute Gasteiger partial charge is 0.483 e. The van der Waals surface area contributed by atoms with E-state index in [2.05, 4.69) is 31.4 Å². The molecule has 0 saturated heterocycles. The van der Waals surface area contributed by atoms with Crippen LogP contribution in [0.3, 0.4) is 0 Å². The number of amides is 1. The molecule has 0 aromatic heterocycles. The first-order valence-electron chi connectivity index (χ1n) is 7.67. The minimum absolute atomic E-state index is 0.0566. The van der Waals surface area contributed by atoms with Gasteiger partial charge in [0.2, 0.25) is 0 Å². The van der Waals surface area contributed by atoms with Gasteiger partial charge in [-0.1, -0.05) is 39.0 Å². The Bertz CT molecular complexity index is 458. The number of carbonyl (C=O) groups excluding carboxylic acids is 1. The molecule has 1 rings (SSSR count). The van der Waals surface area contributed by atoms with E-state index in [0.717, 1.165) is 30.0 Å². The molecular formula is C17H28N2O2. The van der Waals surface area contributed by atoms with E-state index < -0.39 is 0 Å². The smallest absolute Gasteiger partial charge is 0.258 e. The van der Waals surface area contributed by atoms with Crippen molar-refractivity contribution in [1.29, 1.82) is 0 Å². The van der Waals surface area contributed by atoms with E-state index in [4.69, 9.17) is 4.74 Å². The molecule has 1 aromatic carbocycles. The van der Waals surface area contributed by atoms with Crippen LogP contribution >= 0.6 is 0 Å². The van der Waals surface area contributed by atoms with Crippen LogP contribution < -0.4 is 15.4 Å². The Morgan fingerprint density at radius 1 is 1.29 bits per heavy atom. The van der Waals surface area contributed by atoms with E-state index >= 15 is 0 Å². The van der Waals surface area contributed by atoms with Crippen LogP contribution in [-0.4, -0.2) is 25.1 Å². The number of hydrogen-bond donors (Lipinski definition) is 2. The van der Waals surface area contributed by atoms with Crippen LogP contribution in [0.2, 0.25) is 0 Å². The molecule has 118 valence electrons. The Kier molecular flexibility index (Phi) is 7.23. The average Bonchev–Trinajstić information content (AvgIpc) is 2.43. The highest BCUT2D eigenvalue weighted by Gasteiger charge is 2.13. The topological polar surface area (TPSA) is 50.4 Å². The normalized spacial score (nSPS) is 12.3. The Hall–Kier alpha value is -1.55. The van der Waals surface area contributed by atoms with Crippen LogP contribution in [-0.2, 0) is 11.3 Å². The quantitative estimate of drug-likeness (QED) is 0.774. The minimum atomic E-state index is -0.0751. The standard InChI is InChI=1S/C17H28N2O2/c1-6-18-10-15-9-7-8-13(4)17(15)21-11-16(20)19-14(5)12(2)3/h7-9,12,14,18H,6,10-11H2,1-5H3,(H,19,20). The SMILES string of the molecule is CCNCc1cccc(C)c1OCC(=O)NC(C)C(C)C. The number of aryl methyl sites for hydroxylation is 1. The van der Waals surface area contributed by atoms with Crippen LogP contribution in [0.15, 0.2) is 18.2 Å². The molecule has 1 unspecified atom stereocenters. The second-order valence-corrected chi connectivity index (χ2v) is 5.73. The molecule has 0 aliphatic rings.